The van der Waals surface area contributed by atoms with Gasteiger partial charge in [-0.2, -0.15) is 5.10 Å². The van der Waals surface area contributed by atoms with E-state index >= 15 is 0 Å². The minimum Gasteiger partial charge on any atom is -0.368 e. The third-order valence-electron chi connectivity index (χ3n) is 5.49. The van der Waals surface area contributed by atoms with Crippen molar-refractivity contribution in [2.75, 3.05) is 31.1 Å². The fourth-order valence-electron chi connectivity index (χ4n) is 3.91. The van der Waals surface area contributed by atoms with E-state index in [2.05, 4.69) is 10.00 Å². The average Bonchev–Trinajstić information content (AvgIpc) is 3.10. The summed E-state index contributed by atoms with van der Waals surface area (Å²) in [6.45, 7) is 5.90. The molecule has 1 fully saturated rings. The molecule has 10 heteroatoms. The van der Waals surface area contributed by atoms with Crippen LogP contribution >= 0.6 is 23.2 Å². The summed E-state index contributed by atoms with van der Waals surface area (Å²) < 4.78 is 1.60. The highest BCUT2D eigenvalue weighted by Crippen LogP contribution is 2.30. The van der Waals surface area contributed by atoms with Crippen LogP contribution in [0.3, 0.4) is 0 Å². The number of nitro groups is 1. The highest BCUT2D eigenvalue weighted by molar-refractivity contribution is 6.36. The number of halogens is 2. The Morgan fingerprint density at radius 1 is 1.03 bits per heavy atom. The zero-order chi connectivity index (χ0) is 23.0. The molecule has 166 valence electrons. The van der Waals surface area contributed by atoms with Crippen molar-refractivity contribution in [1.29, 1.82) is 0 Å². The lowest BCUT2D eigenvalue weighted by Crippen LogP contribution is -2.48. The van der Waals surface area contributed by atoms with E-state index in [-0.39, 0.29) is 11.6 Å². The molecule has 1 aliphatic heterocycles. The van der Waals surface area contributed by atoms with Crippen LogP contribution in [0.5, 0.6) is 0 Å². The van der Waals surface area contributed by atoms with Crippen molar-refractivity contribution >= 4 is 40.5 Å². The molecule has 0 spiro atoms. The first kappa shape index (κ1) is 22.1. The van der Waals surface area contributed by atoms with E-state index in [1.165, 1.54) is 6.07 Å². The SMILES string of the molecule is Cc1cc(C)n(-c2cc(N3CCN(C(=O)c4ccc(Cl)cc4Cl)CC3)ccc2[N+](=O)[O-])n1. The van der Waals surface area contributed by atoms with Crippen LogP contribution in [0.2, 0.25) is 10.0 Å². The predicted molar refractivity (Wildman–Crippen MR) is 124 cm³/mol. The summed E-state index contributed by atoms with van der Waals surface area (Å²) in [5.41, 5.74) is 3.28. The number of piperazine rings is 1. The molecule has 0 N–H and O–H groups in total. The van der Waals surface area contributed by atoms with Gasteiger partial charge in [0.1, 0.15) is 5.69 Å². The van der Waals surface area contributed by atoms with Gasteiger partial charge in [0.05, 0.1) is 21.2 Å². The molecule has 2 aromatic carbocycles. The van der Waals surface area contributed by atoms with Gasteiger partial charge in [-0.3, -0.25) is 14.9 Å². The van der Waals surface area contributed by atoms with Crippen LogP contribution in [0.15, 0.2) is 42.5 Å². The molecule has 32 heavy (non-hydrogen) atoms. The second-order valence-electron chi connectivity index (χ2n) is 7.67. The van der Waals surface area contributed by atoms with Crippen molar-refractivity contribution in [1.82, 2.24) is 14.7 Å². The lowest BCUT2D eigenvalue weighted by atomic mass is 10.1. The van der Waals surface area contributed by atoms with Gasteiger partial charge in [-0.1, -0.05) is 23.2 Å². The van der Waals surface area contributed by atoms with Gasteiger partial charge >= 0.3 is 0 Å². The Labute approximate surface area is 195 Å². The lowest BCUT2D eigenvalue weighted by Gasteiger charge is -2.36. The molecular weight excluding hydrogens is 453 g/mol. The second-order valence-corrected chi connectivity index (χ2v) is 8.52. The molecule has 0 atom stereocenters. The molecule has 2 heterocycles. The summed E-state index contributed by atoms with van der Waals surface area (Å²) in [7, 11) is 0. The van der Waals surface area contributed by atoms with Gasteiger partial charge in [-0.05, 0) is 50.2 Å². The van der Waals surface area contributed by atoms with Crippen molar-refractivity contribution in [3.63, 3.8) is 0 Å². The minimum absolute atomic E-state index is 0.00820. The number of aromatic nitrogens is 2. The number of nitro benzene ring substituents is 1. The maximum Gasteiger partial charge on any atom is 0.295 e. The molecule has 1 amide bonds. The number of nitrogens with zero attached hydrogens (tertiary/aromatic N) is 5. The van der Waals surface area contributed by atoms with E-state index in [1.807, 2.05) is 19.9 Å². The van der Waals surface area contributed by atoms with Crippen LogP contribution in [-0.4, -0.2) is 51.7 Å². The van der Waals surface area contributed by atoms with E-state index in [1.54, 1.807) is 39.9 Å². The number of benzene rings is 2. The molecule has 8 nitrogen and oxygen atoms in total. The Morgan fingerprint density at radius 3 is 2.34 bits per heavy atom. The van der Waals surface area contributed by atoms with Crippen molar-refractivity contribution in [2.24, 2.45) is 0 Å². The fourth-order valence-corrected chi connectivity index (χ4v) is 4.40. The number of rotatable bonds is 4. The maximum atomic E-state index is 12.9. The minimum atomic E-state index is -0.401. The standard InChI is InChI=1S/C22H21Cl2N5O3/c1-14-11-15(2)28(25-14)21-13-17(4-6-20(21)29(31)32)26-7-9-27(10-8-26)22(30)18-5-3-16(23)12-19(18)24/h3-6,11-13H,7-10H2,1-2H3. The number of aryl methyl sites for hydroxylation is 2. The van der Waals surface area contributed by atoms with Gasteiger partial charge in [-0.25, -0.2) is 4.68 Å². The molecule has 4 rings (SSSR count). The first-order chi connectivity index (χ1) is 15.2. The van der Waals surface area contributed by atoms with E-state index in [0.29, 0.717) is 47.5 Å². The van der Waals surface area contributed by atoms with Gasteiger partial charge in [-0.15, -0.1) is 0 Å². The van der Waals surface area contributed by atoms with Crippen LogP contribution in [0.1, 0.15) is 21.7 Å². The molecular formula is C22H21Cl2N5O3. The first-order valence-electron chi connectivity index (χ1n) is 10.1. The largest absolute Gasteiger partial charge is 0.368 e. The number of amides is 1. The van der Waals surface area contributed by atoms with E-state index in [0.717, 1.165) is 17.1 Å². The molecule has 1 aliphatic rings. The molecule has 3 aromatic rings. The maximum absolute atomic E-state index is 12.9. The molecule has 0 bridgehead atoms. The average molecular weight is 474 g/mol. The molecule has 0 aliphatic carbocycles. The predicted octanol–water partition coefficient (Wildman–Crippen LogP) is 4.67. The van der Waals surface area contributed by atoms with Gasteiger partial charge in [0.15, 0.2) is 0 Å². The van der Waals surface area contributed by atoms with Crippen LogP contribution in [0, 0.1) is 24.0 Å². The summed E-state index contributed by atoms with van der Waals surface area (Å²) in [5.74, 6) is -0.140. The van der Waals surface area contributed by atoms with Crippen molar-refractivity contribution in [3.8, 4) is 5.69 Å². The number of hydrogen-bond acceptors (Lipinski definition) is 5. The van der Waals surface area contributed by atoms with Crippen molar-refractivity contribution < 1.29 is 9.72 Å². The molecule has 0 unspecified atom stereocenters. The smallest absolute Gasteiger partial charge is 0.295 e. The summed E-state index contributed by atoms with van der Waals surface area (Å²) >= 11 is 12.1. The van der Waals surface area contributed by atoms with Crippen molar-refractivity contribution in [2.45, 2.75) is 13.8 Å². The summed E-state index contributed by atoms with van der Waals surface area (Å²) in [6, 6.07) is 11.7. The highest BCUT2D eigenvalue weighted by atomic mass is 35.5. The molecule has 1 aromatic heterocycles. The van der Waals surface area contributed by atoms with Gasteiger partial charge in [0, 0.05) is 48.6 Å². The zero-order valence-corrected chi connectivity index (χ0v) is 19.1. The second kappa shape index (κ2) is 8.80. The number of hydrogen-bond donors (Lipinski definition) is 0. The Bertz CT molecular complexity index is 1200. The van der Waals surface area contributed by atoms with E-state index < -0.39 is 4.92 Å². The Kier molecular flexibility index (Phi) is 6.08. The summed E-state index contributed by atoms with van der Waals surface area (Å²) in [4.78, 5) is 27.9. The quantitative estimate of drug-likeness (QED) is 0.406. The Balaban J connectivity index is 1.55. The Hall–Kier alpha value is -3.10. The van der Waals surface area contributed by atoms with E-state index in [9.17, 15) is 14.9 Å². The number of carbonyl (C=O) groups is 1. The van der Waals surface area contributed by atoms with Gasteiger partial charge in [0.2, 0.25) is 0 Å². The van der Waals surface area contributed by atoms with E-state index in [4.69, 9.17) is 23.2 Å². The summed E-state index contributed by atoms with van der Waals surface area (Å²) in [5, 5.41) is 16.8. The molecule has 1 saturated heterocycles. The normalized spacial score (nSPS) is 14.0. The van der Waals surface area contributed by atoms with Gasteiger partial charge < -0.3 is 9.80 Å². The molecule has 0 radical (unpaired) electrons. The fraction of sp³-hybridized carbons (Fsp3) is 0.273. The first-order valence-corrected chi connectivity index (χ1v) is 10.8. The zero-order valence-electron chi connectivity index (χ0n) is 17.6. The lowest BCUT2D eigenvalue weighted by molar-refractivity contribution is -0.384. The number of anilines is 1. The third kappa shape index (κ3) is 4.28. The topological polar surface area (TPSA) is 84.5 Å². The highest BCUT2D eigenvalue weighted by Gasteiger charge is 2.26. The molecule has 0 saturated carbocycles. The van der Waals surface area contributed by atoms with Crippen LogP contribution < -0.4 is 4.90 Å². The number of carbonyl (C=O) groups excluding carboxylic acids is 1. The third-order valence-corrected chi connectivity index (χ3v) is 6.03. The Morgan fingerprint density at radius 2 is 1.75 bits per heavy atom. The van der Waals surface area contributed by atoms with Crippen LogP contribution in [0.25, 0.3) is 5.69 Å². The van der Waals surface area contributed by atoms with Crippen molar-refractivity contribution in [3.05, 3.63) is 79.6 Å². The van der Waals surface area contributed by atoms with Crippen LogP contribution in [0.4, 0.5) is 11.4 Å². The van der Waals surface area contributed by atoms with Crippen LogP contribution in [-0.2, 0) is 0 Å². The monoisotopic (exact) mass is 473 g/mol. The van der Waals surface area contributed by atoms with Gasteiger partial charge in [0.25, 0.3) is 11.6 Å². The summed E-state index contributed by atoms with van der Waals surface area (Å²) in [6.07, 6.45) is 0.